The molecule has 1 atom stereocenters. The molecular formula is C27H35NO3. The first-order valence-electron chi connectivity index (χ1n) is 11.5. The van der Waals surface area contributed by atoms with Crippen molar-refractivity contribution in [2.45, 2.75) is 72.1 Å². The van der Waals surface area contributed by atoms with Gasteiger partial charge in [0.2, 0.25) is 0 Å². The molecule has 2 aromatic rings. The van der Waals surface area contributed by atoms with Crippen LogP contribution in [0.2, 0.25) is 0 Å². The van der Waals surface area contributed by atoms with Gasteiger partial charge in [0, 0.05) is 0 Å². The summed E-state index contributed by atoms with van der Waals surface area (Å²) < 4.78 is 11.2. The molecule has 1 unspecified atom stereocenters. The summed E-state index contributed by atoms with van der Waals surface area (Å²) in [6.45, 7) is 6.40. The molecule has 0 saturated heterocycles. The highest BCUT2D eigenvalue weighted by molar-refractivity contribution is 5.81. The highest BCUT2D eigenvalue weighted by atomic mass is 16.5. The smallest absolute Gasteiger partial charge is 0.331 e. The molecule has 0 radical (unpaired) electrons. The van der Waals surface area contributed by atoms with Crippen LogP contribution in [0, 0.1) is 16.7 Å². The van der Waals surface area contributed by atoms with Gasteiger partial charge in [0.15, 0.2) is 5.41 Å². The van der Waals surface area contributed by atoms with E-state index in [2.05, 4.69) is 6.92 Å². The summed E-state index contributed by atoms with van der Waals surface area (Å²) in [5.41, 5.74) is 0.970. The maximum Gasteiger partial charge on any atom is 0.331 e. The molecule has 0 bridgehead atoms. The highest BCUT2D eigenvalue weighted by Crippen LogP contribution is 2.27. The average Bonchev–Trinajstić information content (AvgIpc) is 2.81. The average molecular weight is 422 g/mol. The zero-order valence-corrected chi connectivity index (χ0v) is 19.2. The monoisotopic (exact) mass is 421 g/mol. The predicted octanol–water partition coefficient (Wildman–Crippen LogP) is 7.33. The number of ether oxygens (including phenoxy) is 2. The van der Waals surface area contributed by atoms with Crippen LogP contribution in [0.25, 0.3) is 11.1 Å². The van der Waals surface area contributed by atoms with Crippen LogP contribution in [0.1, 0.15) is 72.1 Å². The van der Waals surface area contributed by atoms with E-state index < -0.39 is 11.4 Å². The van der Waals surface area contributed by atoms with Crippen molar-refractivity contribution >= 4 is 5.97 Å². The van der Waals surface area contributed by atoms with Gasteiger partial charge in [-0.2, -0.15) is 5.26 Å². The van der Waals surface area contributed by atoms with Crippen LogP contribution >= 0.6 is 0 Å². The van der Waals surface area contributed by atoms with Crippen molar-refractivity contribution in [1.29, 1.82) is 5.26 Å². The lowest BCUT2D eigenvalue weighted by molar-refractivity contribution is -0.141. The molecule has 0 amide bonds. The lowest BCUT2D eigenvalue weighted by atomic mass is 9.90. The Morgan fingerprint density at radius 2 is 1.35 bits per heavy atom. The third kappa shape index (κ3) is 7.75. The van der Waals surface area contributed by atoms with Crippen molar-refractivity contribution < 1.29 is 14.3 Å². The summed E-state index contributed by atoms with van der Waals surface area (Å²) in [6, 6.07) is 17.4. The van der Waals surface area contributed by atoms with Gasteiger partial charge in [-0.1, -0.05) is 76.6 Å². The molecule has 0 aliphatic carbocycles. The van der Waals surface area contributed by atoms with Crippen LogP contribution in [-0.2, 0) is 4.79 Å². The van der Waals surface area contributed by atoms with E-state index in [1.807, 2.05) is 42.5 Å². The van der Waals surface area contributed by atoms with Crippen LogP contribution in [-0.4, -0.2) is 12.6 Å². The summed E-state index contributed by atoms with van der Waals surface area (Å²) in [4.78, 5) is 12.2. The summed E-state index contributed by atoms with van der Waals surface area (Å²) in [5, 5.41) is 9.21. The van der Waals surface area contributed by atoms with Crippen molar-refractivity contribution in [1.82, 2.24) is 0 Å². The fraction of sp³-hybridized carbons (Fsp3) is 0.481. The fourth-order valence-electron chi connectivity index (χ4n) is 3.20. The molecular weight excluding hydrogens is 386 g/mol. The van der Waals surface area contributed by atoms with E-state index in [4.69, 9.17) is 9.47 Å². The van der Waals surface area contributed by atoms with E-state index in [9.17, 15) is 10.1 Å². The van der Waals surface area contributed by atoms with E-state index in [0.29, 0.717) is 12.2 Å². The molecule has 0 N–H and O–H groups in total. The van der Waals surface area contributed by atoms with E-state index in [1.165, 1.54) is 38.5 Å². The van der Waals surface area contributed by atoms with Gasteiger partial charge in [-0.05, 0) is 55.2 Å². The number of carbonyl (C=O) groups is 1. The Morgan fingerprint density at radius 1 is 0.839 bits per heavy atom. The van der Waals surface area contributed by atoms with Gasteiger partial charge < -0.3 is 9.47 Å². The Hall–Kier alpha value is -2.80. The molecule has 0 fully saturated rings. The lowest BCUT2D eigenvalue weighted by Gasteiger charge is -2.17. The Morgan fingerprint density at radius 3 is 1.87 bits per heavy atom. The topological polar surface area (TPSA) is 59.3 Å². The first-order chi connectivity index (χ1) is 15.0. The Labute approximate surface area is 187 Å². The maximum absolute atomic E-state index is 12.2. The summed E-state index contributed by atoms with van der Waals surface area (Å²) in [7, 11) is 0. The number of rotatable bonds is 13. The van der Waals surface area contributed by atoms with Crippen LogP contribution in [0.3, 0.4) is 0 Å². The molecule has 4 heteroatoms. The van der Waals surface area contributed by atoms with Crippen molar-refractivity contribution in [3.63, 3.8) is 0 Å². The molecule has 2 rings (SSSR count). The van der Waals surface area contributed by atoms with Crippen molar-refractivity contribution in [3.8, 4) is 28.7 Å². The van der Waals surface area contributed by atoms with E-state index in [0.717, 1.165) is 29.9 Å². The third-order valence-corrected chi connectivity index (χ3v) is 5.67. The largest absolute Gasteiger partial charge is 0.494 e. The van der Waals surface area contributed by atoms with Gasteiger partial charge >= 0.3 is 5.97 Å². The number of carbonyl (C=O) groups excluding carboxylic acids is 1. The minimum absolute atomic E-state index is 0.411. The molecule has 0 heterocycles. The van der Waals surface area contributed by atoms with Crippen molar-refractivity contribution in [3.05, 3.63) is 48.5 Å². The molecule has 31 heavy (non-hydrogen) atoms. The van der Waals surface area contributed by atoms with E-state index >= 15 is 0 Å². The quantitative estimate of drug-likeness (QED) is 0.193. The molecule has 0 aromatic heterocycles. The van der Waals surface area contributed by atoms with Crippen LogP contribution in [0.4, 0.5) is 0 Å². The highest BCUT2D eigenvalue weighted by Gasteiger charge is 2.33. The number of nitrogens with zero attached hydrogens (tertiary/aromatic N) is 1. The fourth-order valence-corrected chi connectivity index (χ4v) is 3.20. The van der Waals surface area contributed by atoms with Crippen LogP contribution < -0.4 is 9.47 Å². The molecule has 0 aliphatic rings. The summed E-state index contributed by atoms with van der Waals surface area (Å²) in [5.74, 6) is 0.807. The van der Waals surface area contributed by atoms with Gasteiger partial charge in [-0.15, -0.1) is 0 Å². The SMILES string of the molecule is CCCCCCCCCOc1ccc(-c2ccc(OC(=O)C(C)(C#N)CC)cc2)cc1. The Kier molecular flexibility index (Phi) is 10.1. The first kappa shape index (κ1) is 24.5. The maximum atomic E-state index is 12.2. The first-order valence-corrected chi connectivity index (χ1v) is 11.5. The number of hydrogen-bond acceptors (Lipinski definition) is 4. The van der Waals surface area contributed by atoms with Gasteiger partial charge in [0.25, 0.3) is 0 Å². The Balaban J connectivity index is 1.81. The number of unbranched alkanes of at least 4 members (excludes halogenated alkanes) is 6. The molecule has 0 aliphatic heterocycles. The minimum atomic E-state index is -1.12. The summed E-state index contributed by atoms with van der Waals surface area (Å²) >= 11 is 0. The number of esters is 1. The van der Waals surface area contributed by atoms with E-state index in [-0.39, 0.29) is 0 Å². The zero-order chi connectivity index (χ0) is 22.5. The van der Waals surface area contributed by atoms with Gasteiger partial charge in [-0.3, -0.25) is 0 Å². The summed E-state index contributed by atoms with van der Waals surface area (Å²) in [6.07, 6.45) is 9.34. The van der Waals surface area contributed by atoms with Gasteiger partial charge in [0.1, 0.15) is 11.5 Å². The van der Waals surface area contributed by atoms with E-state index in [1.54, 1.807) is 26.0 Å². The molecule has 0 spiro atoms. The lowest BCUT2D eigenvalue weighted by Crippen LogP contribution is -2.29. The van der Waals surface area contributed by atoms with Crippen LogP contribution in [0.15, 0.2) is 48.5 Å². The van der Waals surface area contributed by atoms with Gasteiger partial charge in [-0.25, -0.2) is 4.79 Å². The number of nitriles is 1. The molecule has 166 valence electrons. The molecule has 0 saturated carbocycles. The standard InChI is InChI=1S/C27H35NO3/c1-4-6-7-8-9-10-11-20-30-24-16-12-22(13-17-24)23-14-18-25(19-15-23)31-26(29)27(3,5-2)21-28/h12-19H,4-11,20H2,1-3H3. The Bertz CT molecular complexity index is 836. The van der Waals surface area contributed by atoms with Crippen molar-refractivity contribution in [2.24, 2.45) is 5.41 Å². The molecule has 4 nitrogen and oxygen atoms in total. The normalized spacial score (nSPS) is 12.6. The van der Waals surface area contributed by atoms with Crippen molar-refractivity contribution in [2.75, 3.05) is 6.61 Å². The second-order valence-corrected chi connectivity index (χ2v) is 8.21. The second kappa shape index (κ2) is 12.8. The van der Waals surface area contributed by atoms with Gasteiger partial charge in [0.05, 0.1) is 12.7 Å². The zero-order valence-electron chi connectivity index (χ0n) is 19.2. The third-order valence-electron chi connectivity index (χ3n) is 5.67. The predicted molar refractivity (Wildman–Crippen MR) is 125 cm³/mol. The minimum Gasteiger partial charge on any atom is -0.494 e. The number of hydrogen-bond donors (Lipinski definition) is 0. The van der Waals surface area contributed by atoms with Crippen LogP contribution in [0.5, 0.6) is 11.5 Å². The second-order valence-electron chi connectivity index (χ2n) is 8.21. The number of benzene rings is 2. The molecule has 2 aromatic carbocycles.